The number of hydrogen-bond acceptors (Lipinski definition) is 6. The lowest BCUT2D eigenvalue weighted by Crippen LogP contribution is -2.29. The molecular weight excluding hydrogens is 366 g/mol. The molecule has 8 nitrogen and oxygen atoms in total. The third kappa shape index (κ3) is 4.06. The van der Waals surface area contributed by atoms with E-state index in [1.54, 1.807) is 25.1 Å². The summed E-state index contributed by atoms with van der Waals surface area (Å²) in [5, 5.41) is 13.1. The molecule has 0 aliphatic heterocycles. The number of halogens is 1. The van der Waals surface area contributed by atoms with Crippen LogP contribution in [0.3, 0.4) is 0 Å². The fourth-order valence-electron chi connectivity index (χ4n) is 2.11. The zero-order chi connectivity index (χ0) is 17.9. The second kappa shape index (κ2) is 7.34. The van der Waals surface area contributed by atoms with Crippen LogP contribution < -0.4 is 9.46 Å². The van der Waals surface area contributed by atoms with Gasteiger partial charge in [0.2, 0.25) is 15.9 Å². The molecule has 0 atom stereocenters. The fourth-order valence-corrected chi connectivity index (χ4v) is 2.93. The van der Waals surface area contributed by atoms with Gasteiger partial charge in [-0.2, -0.15) is 4.52 Å². The molecule has 0 unspecified atom stereocenters. The molecular formula is C15H16ClN5O3S. The van der Waals surface area contributed by atoms with Crippen molar-refractivity contribution >= 4 is 27.3 Å². The van der Waals surface area contributed by atoms with Gasteiger partial charge >= 0.3 is 0 Å². The highest BCUT2D eigenvalue weighted by Crippen LogP contribution is 2.26. The highest BCUT2D eigenvalue weighted by atomic mass is 35.5. The molecule has 2 aromatic heterocycles. The summed E-state index contributed by atoms with van der Waals surface area (Å²) in [4.78, 5) is 0. The van der Waals surface area contributed by atoms with E-state index in [1.165, 1.54) is 4.52 Å². The molecule has 0 bridgehead atoms. The van der Waals surface area contributed by atoms with Crippen LogP contribution in [0.2, 0.25) is 5.02 Å². The summed E-state index contributed by atoms with van der Waals surface area (Å²) in [6, 6.07) is 10.6. The molecule has 0 spiro atoms. The molecule has 0 aliphatic rings. The van der Waals surface area contributed by atoms with Crippen LogP contribution in [0, 0.1) is 0 Å². The van der Waals surface area contributed by atoms with E-state index in [9.17, 15) is 8.42 Å². The second-order valence-electron chi connectivity index (χ2n) is 5.09. The lowest BCUT2D eigenvalue weighted by molar-refractivity contribution is 0.306. The lowest BCUT2D eigenvalue weighted by atomic mass is 10.2. The van der Waals surface area contributed by atoms with Gasteiger partial charge in [0.05, 0.1) is 10.8 Å². The summed E-state index contributed by atoms with van der Waals surface area (Å²) >= 11 is 6.21. The molecule has 1 N–H and O–H groups in total. The molecule has 0 aliphatic carbocycles. The van der Waals surface area contributed by atoms with Gasteiger partial charge in [-0.05, 0) is 25.1 Å². The maximum Gasteiger partial charge on any atom is 0.231 e. The maximum absolute atomic E-state index is 11.4. The van der Waals surface area contributed by atoms with Crippen molar-refractivity contribution < 1.29 is 13.2 Å². The molecule has 25 heavy (non-hydrogen) atoms. The van der Waals surface area contributed by atoms with Gasteiger partial charge in [0, 0.05) is 18.2 Å². The Kier molecular flexibility index (Phi) is 5.16. The monoisotopic (exact) mass is 381 g/mol. The van der Waals surface area contributed by atoms with Crippen molar-refractivity contribution in [1.82, 2.24) is 24.5 Å². The van der Waals surface area contributed by atoms with Gasteiger partial charge in [0.15, 0.2) is 11.5 Å². The summed E-state index contributed by atoms with van der Waals surface area (Å²) in [7, 11) is -3.24. The summed E-state index contributed by atoms with van der Waals surface area (Å²) in [5.74, 6) is 0.855. The van der Waals surface area contributed by atoms with Gasteiger partial charge < -0.3 is 4.74 Å². The smallest absolute Gasteiger partial charge is 0.231 e. The Labute approximate surface area is 149 Å². The average Bonchev–Trinajstić information content (AvgIpc) is 3.02. The summed E-state index contributed by atoms with van der Waals surface area (Å²) in [5.41, 5.74) is 1.26. The number of nitrogens with one attached hydrogen (secondary N) is 1. The van der Waals surface area contributed by atoms with Gasteiger partial charge in [-0.3, -0.25) is 0 Å². The van der Waals surface area contributed by atoms with E-state index in [0.29, 0.717) is 27.9 Å². The fraction of sp³-hybridized carbons (Fsp3) is 0.267. The summed E-state index contributed by atoms with van der Waals surface area (Å²) in [6.45, 7) is 1.89. The minimum atomic E-state index is -3.24. The number of hydrogen-bond donors (Lipinski definition) is 1. The van der Waals surface area contributed by atoms with E-state index in [4.69, 9.17) is 16.3 Å². The van der Waals surface area contributed by atoms with Gasteiger partial charge in [-0.25, -0.2) is 13.1 Å². The van der Waals surface area contributed by atoms with E-state index in [0.717, 1.165) is 0 Å². The Morgan fingerprint density at radius 1 is 1.20 bits per heavy atom. The van der Waals surface area contributed by atoms with Gasteiger partial charge in [0.25, 0.3) is 0 Å². The SMILES string of the molecule is CCS(=O)(=O)NCCOc1ccc2nnc(-c3ccccc3Cl)n2n1. The molecule has 1 aromatic carbocycles. The molecule has 0 radical (unpaired) electrons. The number of fused-ring (bicyclic) bond motifs is 1. The summed E-state index contributed by atoms with van der Waals surface area (Å²) in [6.07, 6.45) is 0. The molecule has 3 rings (SSSR count). The van der Waals surface area contributed by atoms with Crippen LogP contribution in [-0.4, -0.2) is 47.1 Å². The first kappa shape index (κ1) is 17.6. The maximum atomic E-state index is 11.4. The first-order valence-corrected chi connectivity index (χ1v) is 9.60. The summed E-state index contributed by atoms with van der Waals surface area (Å²) < 4.78 is 32.2. The van der Waals surface area contributed by atoms with Crippen molar-refractivity contribution in [3.63, 3.8) is 0 Å². The zero-order valence-electron chi connectivity index (χ0n) is 13.4. The number of benzene rings is 1. The van der Waals surface area contributed by atoms with Gasteiger partial charge in [-0.1, -0.05) is 23.7 Å². The molecule has 0 saturated carbocycles. The van der Waals surface area contributed by atoms with E-state index in [2.05, 4.69) is 20.0 Å². The van der Waals surface area contributed by atoms with Crippen LogP contribution in [0.25, 0.3) is 17.0 Å². The predicted octanol–water partition coefficient (Wildman–Crippen LogP) is 1.76. The van der Waals surface area contributed by atoms with Crippen LogP contribution >= 0.6 is 11.6 Å². The molecule has 2 heterocycles. The van der Waals surface area contributed by atoms with Crippen LogP contribution in [-0.2, 0) is 10.0 Å². The number of sulfonamides is 1. The minimum Gasteiger partial charge on any atom is -0.475 e. The van der Waals surface area contributed by atoms with Crippen molar-refractivity contribution in [3.05, 3.63) is 41.4 Å². The Bertz CT molecular complexity index is 990. The van der Waals surface area contributed by atoms with Crippen LogP contribution in [0.15, 0.2) is 36.4 Å². The molecule has 0 saturated heterocycles. The van der Waals surface area contributed by atoms with Crippen molar-refractivity contribution in [1.29, 1.82) is 0 Å². The molecule has 132 valence electrons. The average molecular weight is 382 g/mol. The highest BCUT2D eigenvalue weighted by Gasteiger charge is 2.13. The Balaban J connectivity index is 1.78. The van der Waals surface area contributed by atoms with Crippen LogP contribution in [0.5, 0.6) is 5.88 Å². The van der Waals surface area contributed by atoms with Crippen LogP contribution in [0.4, 0.5) is 0 Å². The van der Waals surface area contributed by atoms with Crippen molar-refractivity contribution in [2.45, 2.75) is 6.92 Å². The van der Waals surface area contributed by atoms with Gasteiger partial charge in [0.1, 0.15) is 6.61 Å². The van der Waals surface area contributed by atoms with Gasteiger partial charge in [-0.15, -0.1) is 15.3 Å². The normalized spacial score (nSPS) is 11.8. The van der Waals surface area contributed by atoms with Crippen molar-refractivity contribution in [2.75, 3.05) is 18.9 Å². The highest BCUT2D eigenvalue weighted by molar-refractivity contribution is 7.89. The number of ether oxygens (including phenoxy) is 1. The first-order valence-electron chi connectivity index (χ1n) is 7.57. The van der Waals surface area contributed by atoms with Crippen molar-refractivity contribution in [2.24, 2.45) is 0 Å². The van der Waals surface area contributed by atoms with Crippen LogP contribution in [0.1, 0.15) is 6.92 Å². The molecule has 3 aromatic rings. The number of aromatic nitrogens is 4. The van der Waals surface area contributed by atoms with Crippen molar-refractivity contribution in [3.8, 4) is 17.3 Å². The number of nitrogens with zero attached hydrogens (tertiary/aromatic N) is 4. The molecule has 0 amide bonds. The zero-order valence-corrected chi connectivity index (χ0v) is 15.0. The standard InChI is InChI=1S/C15H16ClN5O3S/c1-2-25(22,23)17-9-10-24-14-8-7-13-18-19-15(21(13)20-14)11-5-3-4-6-12(11)16/h3-8,17H,2,9-10H2,1H3. The Morgan fingerprint density at radius 3 is 2.76 bits per heavy atom. The topological polar surface area (TPSA) is 98.5 Å². The quantitative estimate of drug-likeness (QED) is 0.626. The Hall–Kier alpha value is -2.23. The largest absolute Gasteiger partial charge is 0.475 e. The van der Waals surface area contributed by atoms with E-state index >= 15 is 0 Å². The second-order valence-corrected chi connectivity index (χ2v) is 7.59. The molecule has 10 heteroatoms. The third-order valence-electron chi connectivity index (χ3n) is 3.41. The van der Waals surface area contributed by atoms with E-state index in [-0.39, 0.29) is 18.9 Å². The third-order valence-corrected chi connectivity index (χ3v) is 5.14. The number of rotatable bonds is 7. The first-order chi connectivity index (χ1) is 12.0. The Morgan fingerprint density at radius 2 is 2.00 bits per heavy atom. The van der Waals surface area contributed by atoms with E-state index in [1.807, 2.05) is 18.2 Å². The minimum absolute atomic E-state index is 0.0269. The lowest BCUT2D eigenvalue weighted by Gasteiger charge is -2.07. The predicted molar refractivity (Wildman–Crippen MR) is 94.2 cm³/mol. The molecule has 0 fully saturated rings. The van der Waals surface area contributed by atoms with E-state index < -0.39 is 10.0 Å².